The summed E-state index contributed by atoms with van der Waals surface area (Å²) in [7, 11) is 1.44. The molecule has 0 aliphatic carbocycles. The number of hydrogen-bond donors (Lipinski definition) is 0. The molecule has 2 heterocycles. The minimum absolute atomic E-state index is 0.0142. The predicted octanol–water partition coefficient (Wildman–Crippen LogP) is 4.50. The van der Waals surface area contributed by atoms with Crippen LogP contribution in [-0.2, 0) is 17.9 Å². The van der Waals surface area contributed by atoms with Crippen LogP contribution >= 0.6 is 0 Å². The highest BCUT2D eigenvalue weighted by atomic mass is 16.5. The lowest BCUT2D eigenvalue weighted by atomic mass is 10.1. The number of hydrogen-bond acceptors (Lipinski definition) is 7. The van der Waals surface area contributed by atoms with Gasteiger partial charge in [-0.15, -0.1) is 0 Å². The van der Waals surface area contributed by atoms with Crippen molar-refractivity contribution in [2.75, 3.05) is 7.11 Å². The van der Waals surface area contributed by atoms with Crippen molar-refractivity contribution in [1.82, 2.24) is 9.88 Å². The molecule has 8 nitrogen and oxygen atoms in total. The second-order valence-corrected chi connectivity index (χ2v) is 7.86. The van der Waals surface area contributed by atoms with E-state index in [-0.39, 0.29) is 30.5 Å². The number of oxazole rings is 1. The van der Waals surface area contributed by atoms with Crippen LogP contribution in [0.4, 0.5) is 0 Å². The first-order valence-corrected chi connectivity index (χ1v) is 10.8. The number of methoxy groups -OCH3 is 1. The zero-order valence-electron chi connectivity index (χ0n) is 18.8. The van der Waals surface area contributed by atoms with Crippen LogP contribution in [0.1, 0.15) is 42.3 Å². The number of esters is 1. The number of carbonyl (C=O) groups is 3. The van der Waals surface area contributed by atoms with E-state index >= 15 is 0 Å². The van der Waals surface area contributed by atoms with Crippen LogP contribution in [0, 0.1) is 0 Å². The van der Waals surface area contributed by atoms with Gasteiger partial charge in [0.25, 0.3) is 11.8 Å². The number of rotatable bonds is 7. The molecule has 2 amide bonds. The lowest BCUT2D eigenvalue weighted by Crippen LogP contribution is -2.29. The summed E-state index contributed by atoms with van der Waals surface area (Å²) in [6.07, 6.45) is 1.44. The second-order valence-electron chi connectivity index (χ2n) is 7.86. The van der Waals surface area contributed by atoms with Crippen molar-refractivity contribution < 1.29 is 28.3 Å². The molecule has 0 radical (unpaired) electrons. The Morgan fingerprint density at radius 2 is 1.63 bits per heavy atom. The molecule has 174 valence electrons. The third-order valence-corrected chi connectivity index (χ3v) is 5.63. The fraction of sp³-hybridized carbons (Fsp3) is 0.111. The molecule has 0 unspecified atom stereocenters. The van der Waals surface area contributed by atoms with Crippen molar-refractivity contribution >= 4 is 17.8 Å². The molecular weight excluding hydrogens is 448 g/mol. The van der Waals surface area contributed by atoms with Gasteiger partial charge in [0, 0.05) is 5.56 Å². The van der Waals surface area contributed by atoms with Crippen LogP contribution in [0.25, 0.3) is 11.5 Å². The van der Waals surface area contributed by atoms with Gasteiger partial charge in [0.2, 0.25) is 5.89 Å². The van der Waals surface area contributed by atoms with Crippen LogP contribution in [0.15, 0.2) is 83.5 Å². The number of ether oxygens (including phenoxy) is 2. The number of nitrogens with zero attached hydrogens (tertiary/aromatic N) is 2. The average molecular weight is 468 g/mol. The van der Waals surface area contributed by atoms with E-state index in [1.165, 1.54) is 13.4 Å². The predicted molar refractivity (Wildman–Crippen MR) is 125 cm³/mol. The highest BCUT2D eigenvalue weighted by Crippen LogP contribution is 2.27. The average Bonchev–Trinajstić information content (AvgIpc) is 3.47. The Morgan fingerprint density at radius 3 is 2.31 bits per heavy atom. The first kappa shape index (κ1) is 22.1. The van der Waals surface area contributed by atoms with Crippen molar-refractivity contribution in [3.63, 3.8) is 0 Å². The first-order valence-electron chi connectivity index (χ1n) is 10.8. The quantitative estimate of drug-likeness (QED) is 0.291. The summed E-state index contributed by atoms with van der Waals surface area (Å²) < 4.78 is 16.2. The van der Waals surface area contributed by atoms with Gasteiger partial charge in [-0.25, -0.2) is 9.78 Å². The van der Waals surface area contributed by atoms with Crippen LogP contribution in [0.3, 0.4) is 0 Å². The third-order valence-electron chi connectivity index (χ3n) is 5.63. The van der Waals surface area contributed by atoms with E-state index in [2.05, 4.69) is 4.98 Å². The number of aromatic nitrogens is 1. The molecule has 1 aliphatic heterocycles. The Morgan fingerprint density at radius 1 is 0.943 bits per heavy atom. The Bertz CT molecular complexity index is 1390. The molecule has 0 fully saturated rings. The first-order chi connectivity index (χ1) is 17.0. The molecule has 0 bridgehead atoms. The third kappa shape index (κ3) is 4.29. The Kier molecular flexibility index (Phi) is 5.85. The van der Waals surface area contributed by atoms with E-state index in [0.717, 1.165) is 10.5 Å². The largest absolute Gasteiger partial charge is 0.496 e. The molecule has 4 aromatic rings. The normalized spacial score (nSPS) is 12.5. The van der Waals surface area contributed by atoms with E-state index in [9.17, 15) is 14.4 Å². The minimum atomic E-state index is -0.629. The molecule has 0 saturated carbocycles. The van der Waals surface area contributed by atoms with Gasteiger partial charge < -0.3 is 13.9 Å². The summed E-state index contributed by atoms with van der Waals surface area (Å²) in [5.74, 6) is -0.629. The summed E-state index contributed by atoms with van der Waals surface area (Å²) in [5, 5.41) is 0. The topological polar surface area (TPSA) is 98.9 Å². The van der Waals surface area contributed by atoms with E-state index in [1.54, 1.807) is 42.5 Å². The van der Waals surface area contributed by atoms with Crippen molar-refractivity contribution in [1.29, 1.82) is 0 Å². The standard InChI is InChI=1S/C27H20N2O6/c1-33-23-12-11-17(14-29-25(30)20-9-5-6-10-21(20)26(29)31)13-22(23)27(32)35-16-19-15-34-24(28-19)18-7-3-2-4-8-18/h2-13,15H,14,16H2,1H3. The van der Waals surface area contributed by atoms with Crippen LogP contribution in [-0.4, -0.2) is 34.8 Å². The Balaban J connectivity index is 1.30. The van der Waals surface area contributed by atoms with Gasteiger partial charge in [-0.2, -0.15) is 0 Å². The van der Waals surface area contributed by atoms with Gasteiger partial charge in [0.05, 0.1) is 24.8 Å². The van der Waals surface area contributed by atoms with E-state index in [1.807, 2.05) is 30.3 Å². The highest BCUT2D eigenvalue weighted by molar-refractivity contribution is 6.21. The molecule has 1 aliphatic rings. The van der Waals surface area contributed by atoms with E-state index < -0.39 is 5.97 Å². The highest BCUT2D eigenvalue weighted by Gasteiger charge is 2.35. The van der Waals surface area contributed by atoms with Crippen molar-refractivity contribution in [3.8, 4) is 17.2 Å². The minimum Gasteiger partial charge on any atom is -0.496 e. The molecule has 8 heteroatoms. The fourth-order valence-electron chi connectivity index (χ4n) is 3.88. The van der Waals surface area contributed by atoms with Crippen molar-refractivity contribution in [2.24, 2.45) is 0 Å². The number of imide groups is 1. The number of fused-ring (bicyclic) bond motifs is 1. The zero-order chi connectivity index (χ0) is 24.4. The maximum absolute atomic E-state index is 12.9. The summed E-state index contributed by atoms with van der Waals surface area (Å²) in [4.78, 5) is 43.8. The SMILES string of the molecule is COc1ccc(CN2C(=O)c3ccccc3C2=O)cc1C(=O)OCc1coc(-c2ccccc2)n1. The molecule has 0 atom stereocenters. The molecule has 35 heavy (non-hydrogen) atoms. The summed E-state index contributed by atoms with van der Waals surface area (Å²) in [6.45, 7) is -0.0820. The number of benzene rings is 3. The van der Waals surface area contributed by atoms with Gasteiger partial charge in [-0.1, -0.05) is 36.4 Å². The maximum atomic E-state index is 12.9. The molecule has 0 spiro atoms. The maximum Gasteiger partial charge on any atom is 0.342 e. The fourth-order valence-corrected chi connectivity index (χ4v) is 3.88. The van der Waals surface area contributed by atoms with E-state index in [0.29, 0.717) is 34.0 Å². The van der Waals surface area contributed by atoms with Crippen LogP contribution < -0.4 is 4.74 Å². The molecule has 3 aromatic carbocycles. The van der Waals surface area contributed by atoms with Gasteiger partial charge >= 0.3 is 5.97 Å². The number of carbonyl (C=O) groups excluding carboxylic acids is 3. The molecule has 0 N–H and O–H groups in total. The molecular formula is C27H20N2O6. The Labute approximate surface area is 200 Å². The molecule has 0 saturated heterocycles. The smallest absolute Gasteiger partial charge is 0.342 e. The zero-order valence-corrected chi connectivity index (χ0v) is 18.8. The molecule has 5 rings (SSSR count). The van der Waals surface area contributed by atoms with Gasteiger partial charge in [0.1, 0.15) is 29.9 Å². The monoisotopic (exact) mass is 468 g/mol. The van der Waals surface area contributed by atoms with E-state index in [4.69, 9.17) is 13.9 Å². The van der Waals surface area contributed by atoms with Gasteiger partial charge in [0.15, 0.2) is 0 Å². The lowest BCUT2D eigenvalue weighted by molar-refractivity contribution is 0.0463. The number of amides is 2. The second kappa shape index (κ2) is 9.26. The van der Waals surface area contributed by atoms with Gasteiger partial charge in [-0.3, -0.25) is 14.5 Å². The van der Waals surface area contributed by atoms with Crippen LogP contribution in [0.5, 0.6) is 5.75 Å². The molecule has 1 aromatic heterocycles. The van der Waals surface area contributed by atoms with Crippen molar-refractivity contribution in [3.05, 3.63) is 107 Å². The summed E-state index contributed by atoms with van der Waals surface area (Å²) in [6, 6.07) is 20.9. The van der Waals surface area contributed by atoms with Crippen LogP contribution in [0.2, 0.25) is 0 Å². The lowest BCUT2D eigenvalue weighted by Gasteiger charge is -2.15. The summed E-state index contributed by atoms with van der Waals surface area (Å²) >= 11 is 0. The van der Waals surface area contributed by atoms with Crippen molar-refractivity contribution in [2.45, 2.75) is 13.2 Å². The summed E-state index contributed by atoms with van der Waals surface area (Å²) in [5.41, 5.74) is 2.76. The van der Waals surface area contributed by atoms with Gasteiger partial charge in [-0.05, 0) is 42.0 Å². The Hall–Kier alpha value is -4.72.